The molecule has 0 amide bonds. The molecule has 0 saturated carbocycles. The first-order valence-corrected chi connectivity index (χ1v) is 6.25. The van der Waals surface area contributed by atoms with E-state index in [9.17, 15) is 9.90 Å². The fourth-order valence-corrected chi connectivity index (χ4v) is 2.83. The molecule has 4 nitrogen and oxygen atoms in total. The summed E-state index contributed by atoms with van der Waals surface area (Å²) >= 11 is 1.52. The van der Waals surface area contributed by atoms with Gasteiger partial charge in [0.05, 0.1) is 0 Å². The van der Waals surface area contributed by atoms with E-state index in [0.29, 0.717) is 0 Å². The normalized spacial score (nSPS) is 20.8. The third kappa shape index (κ3) is 2.42. The Kier molecular flexibility index (Phi) is 3.58. The van der Waals surface area contributed by atoms with Crippen LogP contribution in [0.25, 0.3) is 0 Å². The Hall–Kier alpha value is -0.910. The van der Waals surface area contributed by atoms with Crippen molar-refractivity contribution in [1.82, 2.24) is 9.80 Å². The summed E-state index contributed by atoms with van der Waals surface area (Å²) in [7, 11) is 2.07. The Morgan fingerprint density at radius 1 is 1.44 bits per heavy atom. The van der Waals surface area contributed by atoms with Crippen LogP contribution in [0.2, 0.25) is 0 Å². The fourth-order valence-electron chi connectivity index (χ4n) is 1.98. The maximum absolute atomic E-state index is 11.3. The minimum Gasteiger partial charge on any atom is -0.480 e. The highest BCUT2D eigenvalue weighted by molar-refractivity contribution is 7.10. The molecule has 1 atom stereocenters. The highest BCUT2D eigenvalue weighted by Gasteiger charge is 2.29. The van der Waals surface area contributed by atoms with Crippen molar-refractivity contribution >= 4 is 17.3 Å². The average molecular weight is 240 g/mol. The standard InChI is InChI=1S/C11H16N2O2S/c1-12-4-6-13(7-5-12)10(11(14)15)9-3-2-8-16-9/h2-3,8,10H,4-7H2,1H3,(H,14,15). The van der Waals surface area contributed by atoms with Crippen molar-refractivity contribution < 1.29 is 9.90 Å². The van der Waals surface area contributed by atoms with Crippen LogP contribution in [-0.4, -0.2) is 54.1 Å². The summed E-state index contributed by atoms with van der Waals surface area (Å²) in [5.41, 5.74) is 0. The second-order valence-corrected chi connectivity index (χ2v) is 5.07. The van der Waals surface area contributed by atoms with Crippen LogP contribution in [-0.2, 0) is 4.79 Å². The van der Waals surface area contributed by atoms with E-state index < -0.39 is 12.0 Å². The number of carboxylic acid groups (broad SMARTS) is 1. The van der Waals surface area contributed by atoms with Crippen LogP contribution in [0.15, 0.2) is 17.5 Å². The first-order valence-electron chi connectivity index (χ1n) is 5.37. The Balaban J connectivity index is 2.11. The molecule has 0 aromatic carbocycles. The van der Waals surface area contributed by atoms with Crippen molar-refractivity contribution in [3.8, 4) is 0 Å². The van der Waals surface area contributed by atoms with Gasteiger partial charge in [-0.25, -0.2) is 0 Å². The second-order valence-electron chi connectivity index (χ2n) is 4.10. The third-order valence-electron chi connectivity index (χ3n) is 2.95. The molecule has 1 saturated heterocycles. The van der Waals surface area contributed by atoms with Gasteiger partial charge in [-0.3, -0.25) is 9.69 Å². The molecule has 0 aliphatic carbocycles. The number of carboxylic acids is 1. The summed E-state index contributed by atoms with van der Waals surface area (Å²) in [6, 6.07) is 3.35. The molecule has 1 aliphatic rings. The molecule has 2 heterocycles. The summed E-state index contributed by atoms with van der Waals surface area (Å²) in [6.45, 7) is 3.53. The SMILES string of the molecule is CN1CCN(C(C(=O)O)c2cccs2)CC1. The van der Waals surface area contributed by atoms with Crippen molar-refractivity contribution in [2.75, 3.05) is 33.2 Å². The van der Waals surface area contributed by atoms with E-state index in [-0.39, 0.29) is 0 Å². The molecular weight excluding hydrogens is 224 g/mol. The largest absolute Gasteiger partial charge is 0.480 e. The van der Waals surface area contributed by atoms with Gasteiger partial charge in [0.15, 0.2) is 0 Å². The van der Waals surface area contributed by atoms with Gasteiger partial charge >= 0.3 is 5.97 Å². The van der Waals surface area contributed by atoms with Crippen LogP contribution >= 0.6 is 11.3 Å². The second kappa shape index (κ2) is 4.95. The first-order chi connectivity index (χ1) is 7.68. The van der Waals surface area contributed by atoms with Crippen LogP contribution in [0, 0.1) is 0 Å². The summed E-state index contributed by atoms with van der Waals surface area (Å²) in [4.78, 5) is 16.5. The van der Waals surface area contributed by atoms with Crippen molar-refractivity contribution in [3.63, 3.8) is 0 Å². The molecule has 0 bridgehead atoms. The van der Waals surface area contributed by atoms with E-state index in [4.69, 9.17) is 0 Å². The molecule has 0 spiro atoms. The molecule has 1 aromatic heterocycles. The summed E-state index contributed by atoms with van der Waals surface area (Å²) in [5.74, 6) is -0.744. The van der Waals surface area contributed by atoms with Crippen molar-refractivity contribution in [3.05, 3.63) is 22.4 Å². The van der Waals surface area contributed by atoms with E-state index in [1.807, 2.05) is 22.4 Å². The van der Waals surface area contributed by atoms with Crippen LogP contribution in [0.4, 0.5) is 0 Å². The van der Waals surface area contributed by atoms with Crippen molar-refractivity contribution in [1.29, 1.82) is 0 Å². The number of likely N-dealkylation sites (N-methyl/N-ethyl adjacent to an activating group) is 1. The Labute approximate surface area is 99.1 Å². The lowest BCUT2D eigenvalue weighted by Crippen LogP contribution is -2.47. The molecule has 1 aromatic rings. The van der Waals surface area contributed by atoms with Gasteiger partial charge in [0.25, 0.3) is 0 Å². The minimum atomic E-state index is -0.744. The Morgan fingerprint density at radius 2 is 2.12 bits per heavy atom. The van der Waals surface area contributed by atoms with E-state index in [0.717, 1.165) is 31.1 Å². The maximum atomic E-state index is 11.3. The highest BCUT2D eigenvalue weighted by atomic mass is 32.1. The number of carbonyl (C=O) groups is 1. The Bertz CT molecular complexity index is 345. The van der Waals surface area contributed by atoms with Gasteiger partial charge < -0.3 is 10.0 Å². The quantitative estimate of drug-likeness (QED) is 0.860. The molecular formula is C11H16N2O2S. The van der Waals surface area contributed by atoms with Crippen molar-refractivity contribution in [2.24, 2.45) is 0 Å². The monoisotopic (exact) mass is 240 g/mol. The molecule has 5 heteroatoms. The van der Waals surface area contributed by atoms with Crippen LogP contribution in [0.1, 0.15) is 10.9 Å². The van der Waals surface area contributed by atoms with Gasteiger partial charge in [0, 0.05) is 31.1 Å². The number of aliphatic carboxylic acids is 1. The third-order valence-corrected chi connectivity index (χ3v) is 3.87. The number of piperazine rings is 1. The number of thiophene rings is 1. The van der Waals surface area contributed by atoms with Gasteiger partial charge in [-0.2, -0.15) is 0 Å². The van der Waals surface area contributed by atoms with Crippen molar-refractivity contribution in [2.45, 2.75) is 6.04 Å². The average Bonchev–Trinajstić information content (AvgIpc) is 2.74. The summed E-state index contributed by atoms with van der Waals surface area (Å²) < 4.78 is 0. The zero-order valence-corrected chi connectivity index (χ0v) is 10.1. The lowest BCUT2D eigenvalue weighted by Gasteiger charge is -2.35. The van der Waals surface area contributed by atoms with Gasteiger partial charge in [-0.1, -0.05) is 6.07 Å². The topological polar surface area (TPSA) is 43.8 Å². The molecule has 1 aliphatic heterocycles. The number of hydrogen-bond donors (Lipinski definition) is 1. The molecule has 0 radical (unpaired) electrons. The Morgan fingerprint density at radius 3 is 2.62 bits per heavy atom. The van der Waals surface area contributed by atoms with E-state index in [2.05, 4.69) is 11.9 Å². The molecule has 16 heavy (non-hydrogen) atoms. The van der Waals surface area contributed by atoms with E-state index in [1.165, 1.54) is 11.3 Å². The predicted octanol–water partition coefficient (Wildman–Crippen LogP) is 1.12. The van der Waals surface area contributed by atoms with Crippen LogP contribution in [0.5, 0.6) is 0 Å². The minimum absolute atomic E-state index is 0.464. The fraction of sp³-hybridized carbons (Fsp3) is 0.545. The summed E-state index contributed by atoms with van der Waals surface area (Å²) in [6.07, 6.45) is 0. The number of rotatable bonds is 3. The highest BCUT2D eigenvalue weighted by Crippen LogP contribution is 2.26. The molecule has 1 N–H and O–H groups in total. The molecule has 1 fully saturated rings. The summed E-state index contributed by atoms with van der Waals surface area (Å²) in [5, 5.41) is 11.2. The van der Waals surface area contributed by atoms with Gasteiger partial charge in [-0.05, 0) is 18.5 Å². The first kappa shape index (κ1) is 11.6. The molecule has 2 rings (SSSR count). The molecule has 1 unspecified atom stereocenters. The number of hydrogen-bond acceptors (Lipinski definition) is 4. The van der Waals surface area contributed by atoms with Crippen LogP contribution in [0.3, 0.4) is 0 Å². The van der Waals surface area contributed by atoms with E-state index >= 15 is 0 Å². The number of nitrogens with zero attached hydrogens (tertiary/aromatic N) is 2. The van der Waals surface area contributed by atoms with Gasteiger partial charge in [-0.15, -0.1) is 11.3 Å². The van der Waals surface area contributed by atoms with Gasteiger partial charge in [0.2, 0.25) is 0 Å². The smallest absolute Gasteiger partial charge is 0.326 e. The van der Waals surface area contributed by atoms with E-state index in [1.54, 1.807) is 0 Å². The lowest BCUT2D eigenvalue weighted by atomic mass is 10.2. The van der Waals surface area contributed by atoms with Crippen LogP contribution < -0.4 is 0 Å². The lowest BCUT2D eigenvalue weighted by molar-refractivity contribution is -0.144. The molecule has 88 valence electrons. The zero-order chi connectivity index (χ0) is 11.5. The zero-order valence-electron chi connectivity index (χ0n) is 9.30. The maximum Gasteiger partial charge on any atom is 0.326 e. The van der Waals surface area contributed by atoms with Gasteiger partial charge in [0.1, 0.15) is 6.04 Å². The predicted molar refractivity (Wildman–Crippen MR) is 63.8 cm³/mol.